The van der Waals surface area contributed by atoms with E-state index in [0.717, 1.165) is 12.8 Å². The summed E-state index contributed by atoms with van der Waals surface area (Å²) in [6, 6.07) is 4.68. The fourth-order valence-corrected chi connectivity index (χ4v) is 4.23. The fraction of sp³-hybridized carbons (Fsp3) is 0.526. The largest absolute Gasteiger partial charge is 0.349 e. The van der Waals surface area contributed by atoms with E-state index >= 15 is 0 Å². The van der Waals surface area contributed by atoms with Crippen molar-refractivity contribution in [3.05, 3.63) is 34.2 Å². The van der Waals surface area contributed by atoms with Gasteiger partial charge in [-0.15, -0.1) is 0 Å². The molecule has 0 bridgehead atoms. The topological polar surface area (TPSA) is 98.1 Å². The van der Waals surface area contributed by atoms with E-state index in [9.17, 15) is 18.8 Å². The van der Waals surface area contributed by atoms with Gasteiger partial charge in [0.15, 0.2) is 5.67 Å². The van der Waals surface area contributed by atoms with E-state index in [-0.39, 0.29) is 36.5 Å². The van der Waals surface area contributed by atoms with Crippen molar-refractivity contribution in [2.75, 3.05) is 6.54 Å². The van der Waals surface area contributed by atoms with Gasteiger partial charge in [-0.05, 0) is 57.2 Å². The van der Waals surface area contributed by atoms with E-state index in [1.807, 2.05) is 6.92 Å². The lowest BCUT2D eigenvalue weighted by atomic mass is 10.0. The van der Waals surface area contributed by atoms with Gasteiger partial charge in [0, 0.05) is 24.2 Å². The summed E-state index contributed by atoms with van der Waals surface area (Å²) in [6.07, 6.45) is 2.62. The summed E-state index contributed by atoms with van der Waals surface area (Å²) in [6.45, 7) is 2.27. The lowest BCUT2D eigenvalue weighted by Gasteiger charge is -2.23. The van der Waals surface area contributed by atoms with Gasteiger partial charge < -0.3 is 20.2 Å². The summed E-state index contributed by atoms with van der Waals surface area (Å²) in [7, 11) is 0. The molecule has 2 aromatic rings. The van der Waals surface area contributed by atoms with E-state index in [4.69, 9.17) is 0 Å². The average Bonchev–Trinajstić information content (AvgIpc) is 3.32. The van der Waals surface area contributed by atoms with Crippen LogP contribution in [0.15, 0.2) is 23.0 Å². The lowest BCUT2D eigenvalue weighted by Crippen LogP contribution is -2.47. The van der Waals surface area contributed by atoms with Crippen LogP contribution in [0.3, 0.4) is 0 Å². The number of fused-ring (bicyclic) bond motifs is 1. The highest BCUT2D eigenvalue weighted by molar-refractivity contribution is 5.97. The Balaban J connectivity index is 1.46. The third-order valence-corrected chi connectivity index (χ3v) is 5.74. The monoisotopic (exact) mass is 374 g/mol. The first-order valence-corrected chi connectivity index (χ1v) is 9.39. The van der Waals surface area contributed by atoms with Gasteiger partial charge in [-0.2, -0.15) is 0 Å². The predicted molar refractivity (Wildman–Crippen MR) is 98.3 cm³/mol. The van der Waals surface area contributed by atoms with E-state index in [0.29, 0.717) is 29.6 Å². The number of aromatic nitrogens is 2. The Labute approximate surface area is 155 Å². The second-order valence-electron chi connectivity index (χ2n) is 7.72. The Kier molecular flexibility index (Phi) is 4.28. The van der Waals surface area contributed by atoms with Gasteiger partial charge in [0.2, 0.25) is 0 Å². The Morgan fingerprint density at radius 3 is 2.67 bits per heavy atom. The van der Waals surface area contributed by atoms with Crippen molar-refractivity contribution in [3.63, 3.8) is 0 Å². The number of rotatable bonds is 3. The third-order valence-electron chi connectivity index (χ3n) is 5.74. The molecule has 2 unspecified atom stereocenters. The zero-order valence-electron chi connectivity index (χ0n) is 15.2. The first-order chi connectivity index (χ1) is 12.9. The highest BCUT2D eigenvalue weighted by Crippen LogP contribution is 2.34. The Bertz CT molecular complexity index is 944. The summed E-state index contributed by atoms with van der Waals surface area (Å²) in [5, 5.41) is 2.80. The van der Waals surface area contributed by atoms with Gasteiger partial charge in [0.25, 0.3) is 11.8 Å². The second-order valence-corrected chi connectivity index (χ2v) is 7.72. The number of carbonyl (C=O) groups excluding carboxylic acids is 2. The summed E-state index contributed by atoms with van der Waals surface area (Å²) in [5.41, 5.74) is -0.399. The second kappa shape index (κ2) is 6.51. The van der Waals surface area contributed by atoms with E-state index in [1.165, 1.54) is 0 Å². The zero-order chi connectivity index (χ0) is 19.2. The maximum Gasteiger partial charge on any atom is 0.323 e. The van der Waals surface area contributed by atoms with Crippen LogP contribution in [0.5, 0.6) is 0 Å². The molecule has 1 saturated carbocycles. The number of likely N-dealkylation sites (tertiary alicyclic amines) is 1. The number of benzene rings is 1. The van der Waals surface area contributed by atoms with Gasteiger partial charge in [0.05, 0.1) is 11.0 Å². The molecule has 1 aromatic carbocycles. The molecule has 1 aliphatic heterocycles. The van der Waals surface area contributed by atoms with Crippen LogP contribution in [0, 0.1) is 0 Å². The van der Waals surface area contributed by atoms with Crippen molar-refractivity contribution in [2.45, 2.75) is 56.8 Å². The van der Waals surface area contributed by atoms with Crippen molar-refractivity contribution in [3.8, 4) is 0 Å². The molecule has 3 N–H and O–H groups in total. The van der Waals surface area contributed by atoms with Crippen LogP contribution in [0.25, 0.3) is 11.0 Å². The van der Waals surface area contributed by atoms with Crippen LogP contribution >= 0.6 is 0 Å². The number of H-pyrrole nitrogens is 2. The van der Waals surface area contributed by atoms with Crippen molar-refractivity contribution >= 4 is 22.8 Å². The minimum absolute atomic E-state index is 0.0667. The maximum atomic E-state index is 14.6. The number of amides is 2. The van der Waals surface area contributed by atoms with Crippen LogP contribution in [-0.2, 0) is 4.79 Å². The normalized spacial score (nSPS) is 24.4. The van der Waals surface area contributed by atoms with Crippen molar-refractivity contribution in [2.24, 2.45) is 0 Å². The molecule has 7 nitrogen and oxygen atoms in total. The molecule has 1 aliphatic carbocycles. The fourth-order valence-electron chi connectivity index (χ4n) is 4.23. The quantitative estimate of drug-likeness (QED) is 0.765. The van der Waals surface area contributed by atoms with Crippen molar-refractivity contribution in [1.29, 1.82) is 0 Å². The molecule has 1 saturated heterocycles. The third kappa shape index (κ3) is 3.24. The van der Waals surface area contributed by atoms with Crippen LogP contribution in [0.2, 0.25) is 0 Å². The number of alkyl halides is 1. The number of hydrogen-bond donors (Lipinski definition) is 3. The first-order valence-electron chi connectivity index (χ1n) is 9.39. The molecule has 1 aromatic heterocycles. The maximum absolute atomic E-state index is 14.6. The zero-order valence-corrected chi connectivity index (χ0v) is 15.2. The summed E-state index contributed by atoms with van der Waals surface area (Å²) in [5.74, 6) is -0.711. The minimum Gasteiger partial charge on any atom is -0.349 e. The van der Waals surface area contributed by atoms with Crippen LogP contribution in [0.4, 0.5) is 4.39 Å². The standard InChI is InChI=1S/C19H23FN4O3/c1-11-8-13(21-17(26)19(20)6-2-3-7-19)10-24(11)16(25)12-4-5-14-15(9-12)23-18(27)22-14/h4-5,9,11,13H,2-3,6-8,10H2,1H3,(H,21,26)(H2,22,23,27). The van der Waals surface area contributed by atoms with Crippen molar-refractivity contribution < 1.29 is 14.0 Å². The van der Waals surface area contributed by atoms with Crippen LogP contribution in [-0.4, -0.2) is 51.0 Å². The number of aromatic amines is 2. The van der Waals surface area contributed by atoms with Gasteiger partial charge >= 0.3 is 5.69 Å². The van der Waals surface area contributed by atoms with E-state index in [2.05, 4.69) is 15.3 Å². The Hall–Kier alpha value is -2.64. The minimum atomic E-state index is -1.76. The Morgan fingerprint density at radius 2 is 1.93 bits per heavy atom. The van der Waals surface area contributed by atoms with E-state index < -0.39 is 11.6 Å². The Morgan fingerprint density at radius 1 is 1.22 bits per heavy atom. The van der Waals surface area contributed by atoms with Crippen molar-refractivity contribution in [1.82, 2.24) is 20.2 Å². The first kappa shape index (κ1) is 17.8. The molecule has 2 fully saturated rings. The summed E-state index contributed by atoms with van der Waals surface area (Å²) < 4.78 is 14.6. The predicted octanol–water partition coefficient (Wildman–Crippen LogP) is 1.86. The number of halogens is 1. The number of carbonyl (C=O) groups is 2. The molecule has 2 heterocycles. The van der Waals surface area contributed by atoms with Gasteiger partial charge in [-0.25, -0.2) is 9.18 Å². The average molecular weight is 374 g/mol. The summed E-state index contributed by atoms with van der Waals surface area (Å²) >= 11 is 0. The van der Waals surface area contributed by atoms with Gasteiger partial charge in [-0.3, -0.25) is 9.59 Å². The highest BCUT2D eigenvalue weighted by Gasteiger charge is 2.43. The highest BCUT2D eigenvalue weighted by atomic mass is 19.1. The smallest absolute Gasteiger partial charge is 0.323 e. The molecule has 0 spiro atoms. The molecule has 144 valence electrons. The van der Waals surface area contributed by atoms with Crippen LogP contribution in [0.1, 0.15) is 49.4 Å². The lowest BCUT2D eigenvalue weighted by molar-refractivity contribution is -0.133. The van der Waals surface area contributed by atoms with Crippen LogP contribution < -0.4 is 11.0 Å². The molecule has 2 aliphatic rings. The number of nitrogens with zero attached hydrogens (tertiary/aromatic N) is 1. The number of hydrogen-bond acceptors (Lipinski definition) is 3. The molecule has 8 heteroatoms. The molecule has 2 atom stereocenters. The molecular formula is C19H23FN4O3. The van der Waals surface area contributed by atoms with Gasteiger partial charge in [-0.1, -0.05) is 0 Å². The molecule has 27 heavy (non-hydrogen) atoms. The SMILES string of the molecule is CC1CC(NC(=O)C2(F)CCCC2)CN1C(=O)c1ccc2[nH]c(=O)[nH]c2c1. The molecule has 4 rings (SSSR count). The number of imidazole rings is 1. The summed E-state index contributed by atoms with van der Waals surface area (Å²) in [4.78, 5) is 43.6. The molecule has 2 amide bonds. The molecule has 0 radical (unpaired) electrons. The number of nitrogens with one attached hydrogen (secondary N) is 3. The molecular weight excluding hydrogens is 351 g/mol. The van der Waals surface area contributed by atoms with Gasteiger partial charge in [0.1, 0.15) is 0 Å². The van der Waals surface area contributed by atoms with E-state index in [1.54, 1.807) is 23.1 Å².